The van der Waals surface area contributed by atoms with Crippen LogP contribution in [0.25, 0.3) is 0 Å². The molecule has 0 aliphatic carbocycles. The zero-order valence-electron chi connectivity index (χ0n) is 15.4. The average molecular weight is 368 g/mol. The summed E-state index contributed by atoms with van der Waals surface area (Å²) in [5.41, 5.74) is 7.31. The Morgan fingerprint density at radius 3 is 2.32 bits per heavy atom. The van der Waals surface area contributed by atoms with Crippen molar-refractivity contribution in [2.75, 3.05) is 18.0 Å². The summed E-state index contributed by atoms with van der Waals surface area (Å²) in [6, 6.07) is 7.78. The van der Waals surface area contributed by atoms with Crippen LogP contribution >= 0.6 is 12.4 Å². The van der Waals surface area contributed by atoms with Gasteiger partial charge in [0, 0.05) is 25.2 Å². The second-order valence-corrected chi connectivity index (χ2v) is 6.63. The minimum absolute atomic E-state index is 0. The molecule has 1 aliphatic rings. The maximum absolute atomic E-state index is 12.6. The van der Waals surface area contributed by atoms with Gasteiger partial charge in [-0.1, -0.05) is 26.0 Å². The molecule has 0 spiro atoms. The third-order valence-electron chi connectivity index (χ3n) is 5.35. The molecule has 2 rings (SSSR count). The molecule has 1 aromatic rings. The van der Waals surface area contributed by atoms with E-state index in [0.29, 0.717) is 13.0 Å². The van der Waals surface area contributed by atoms with E-state index in [0.717, 1.165) is 37.1 Å². The first-order valence-electron chi connectivity index (χ1n) is 8.88. The first kappa shape index (κ1) is 21.5. The molecule has 0 saturated carbocycles. The molecule has 1 atom stereocenters. The quantitative estimate of drug-likeness (QED) is 0.777. The van der Waals surface area contributed by atoms with Crippen LogP contribution < -0.4 is 16.0 Å². The van der Waals surface area contributed by atoms with Crippen molar-refractivity contribution in [1.82, 2.24) is 5.32 Å². The lowest BCUT2D eigenvalue weighted by Gasteiger charge is -2.30. The summed E-state index contributed by atoms with van der Waals surface area (Å²) in [4.78, 5) is 26.2. The van der Waals surface area contributed by atoms with E-state index in [4.69, 9.17) is 5.73 Å². The molecule has 1 unspecified atom stereocenters. The van der Waals surface area contributed by atoms with Gasteiger partial charge in [-0.05, 0) is 43.9 Å². The van der Waals surface area contributed by atoms with Crippen LogP contribution in [0.1, 0.15) is 58.1 Å². The predicted molar refractivity (Wildman–Crippen MR) is 104 cm³/mol. The van der Waals surface area contributed by atoms with E-state index in [1.807, 2.05) is 49.9 Å². The summed E-state index contributed by atoms with van der Waals surface area (Å²) in [5.74, 6) is 0.198. The van der Waals surface area contributed by atoms with Crippen molar-refractivity contribution < 1.29 is 9.59 Å². The van der Waals surface area contributed by atoms with Gasteiger partial charge < -0.3 is 16.0 Å². The Kier molecular flexibility index (Phi) is 7.90. The number of nitrogens with zero attached hydrogens (tertiary/aromatic N) is 1. The summed E-state index contributed by atoms with van der Waals surface area (Å²) in [6.07, 6.45) is 3.01. The first-order chi connectivity index (χ1) is 11.5. The van der Waals surface area contributed by atoms with Crippen LogP contribution in [0, 0.1) is 5.41 Å². The van der Waals surface area contributed by atoms with Crippen molar-refractivity contribution in [3.63, 3.8) is 0 Å². The highest BCUT2D eigenvalue weighted by Crippen LogP contribution is 2.27. The lowest BCUT2D eigenvalue weighted by Crippen LogP contribution is -2.46. The SMILES string of the molecule is CCC(CC)(CN)C(=O)NC(C)c1ccc(N2CCCC2=O)cc1.Cl. The highest BCUT2D eigenvalue weighted by Gasteiger charge is 2.34. The van der Waals surface area contributed by atoms with Crippen LogP contribution in [0.4, 0.5) is 5.69 Å². The molecule has 140 valence electrons. The minimum atomic E-state index is -0.490. The number of amides is 2. The first-order valence-corrected chi connectivity index (χ1v) is 8.88. The molecule has 1 aliphatic heterocycles. The maximum atomic E-state index is 12.6. The highest BCUT2D eigenvalue weighted by atomic mass is 35.5. The fourth-order valence-corrected chi connectivity index (χ4v) is 3.25. The van der Waals surface area contributed by atoms with Gasteiger partial charge in [0.05, 0.1) is 11.5 Å². The van der Waals surface area contributed by atoms with Gasteiger partial charge in [-0.2, -0.15) is 0 Å². The minimum Gasteiger partial charge on any atom is -0.349 e. The number of halogens is 1. The van der Waals surface area contributed by atoms with Gasteiger partial charge in [-0.25, -0.2) is 0 Å². The third-order valence-corrected chi connectivity index (χ3v) is 5.35. The molecule has 2 amide bonds. The number of benzene rings is 1. The molecule has 1 saturated heterocycles. The van der Waals surface area contributed by atoms with Crippen molar-refractivity contribution in [3.05, 3.63) is 29.8 Å². The molecular formula is C19H30ClN3O2. The number of hydrogen-bond acceptors (Lipinski definition) is 3. The van der Waals surface area contributed by atoms with E-state index >= 15 is 0 Å². The number of hydrogen-bond donors (Lipinski definition) is 2. The second kappa shape index (κ2) is 9.20. The lowest BCUT2D eigenvalue weighted by molar-refractivity contribution is -0.131. The van der Waals surface area contributed by atoms with Crippen molar-refractivity contribution >= 4 is 29.9 Å². The Labute approximate surface area is 156 Å². The summed E-state index contributed by atoms with van der Waals surface area (Å²) in [6.45, 7) is 7.12. The third kappa shape index (κ3) is 4.53. The van der Waals surface area contributed by atoms with Gasteiger partial charge in [0.25, 0.3) is 0 Å². The Bertz CT molecular complexity index is 577. The average Bonchev–Trinajstić information content (AvgIpc) is 3.03. The largest absolute Gasteiger partial charge is 0.349 e. The molecule has 6 heteroatoms. The van der Waals surface area contributed by atoms with Crippen LogP contribution in [0.15, 0.2) is 24.3 Å². The van der Waals surface area contributed by atoms with Crippen LogP contribution in [0.2, 0.25) is 0 Å². The molecule has 1 fully saturated rings. The number of nitrogens with two attached hydrogens (primary N) is 1. The van der Waals surface area contributed by atoms with Gasteiger partial charge >= 0.3 is 0 Å². The molecule has 25 heavy (non-hydrogen) atoms. The summed E-state index contributed by atoms with van der Waals surface area (Å²) >= 11 is 0. The molecule has 1 heterocycles. The normalized spacial score (nSPS) is 15.7. The predicted octanol–water partition coefficient (Wildman–Crippen LogP) is 3.18. The van der Waals surface area contributed by atoms with Crippen LogP contribution in [-0.2, 0) is 9.59 Å². The standard InChI is InChI=1S/C19H29N3O2.ClH/c1-4-19(5-2,13-20)18(24)21-14(3)15-8-10-16(11-9-15)22-12-6-7-17(22)23;/h8-11,14H,4-7,12-13,20H2,1-3H3,(H,21,24);1H. The van der Waals surface area contributed by atoms with E-state index in [2.05, 4.69) is 5.32 Å². The van der Waals surface area contributed by atoms with Crippen LogP contribution in [-0.4, -0.2) is 24.9 Å². The van der Waals surface area contributed by atoms with Gasteiger partial charge in [0.15, 0.2) is 0 Å². The Hall–Kier alpha value is -1.59. The summed E-state index contributed by atoms with van der Waals surface area (Å²) in [7, 11) is 0. The number of rotatable bonds is 7. The van der Waals surface area contributed by atoms with E-state index in [-0.39, 0.29) is 30.3 Å². The molecule has 3 N–H and O–H groups in total. The zero-order chi connectivity index (χ0) is 17.7. The molecule has 5 nitrogen and oxygen atoms in total. The Morgan fingerprint density at radius 2 is 1.88 bits per heavy atom. The van der Waals surface area contributed by atoms with Crippen molar-refractivity contribution in [1.29, 1.82) is 0 Å². The number of anilines is 1. The topological polar surface area (TPSA) is 75.4 Å². The second-order valence-electron chi connectivity index (χ2n) is 6.63. The maximum Gasteiger partial charge on any atom is 0.227 e. The number of carbonyl (C=O) groups is 2. The van der Waals surface area contributed by atoms with Gasteiger partial charge in [0.2, 0.25) is 11.8 Å². The lowest BCUT2D eigenvalue weighted by atomic mass is 9.81. The van der Waals surface area contributed by atoms with Gasteiger partial charge in [-0.15, -0.1) is 12.4 Å². The molecule has 1 aromatic carbocycles. The number of carbonyl (C=O) groups excluding carboxylic acids is 2. The molecule has 0 aromatic heterocycles. The van der Waals surface area contributed by atoms with E-state index in [9.17, 15) is 9.59 Å². The fraction of sp³-hybridized carbons (Fsp3) is 0.579. The Balaban J connectivity index is 0.00000312. The van der Waals surface area contributed by atoms with Crippen molar-refractivity contribution in [2.24, 2.45) is 11.1 Å². The van der Waals surface area contributed by atoms with Gasteiger partial charge in [-0.3, -0.25) is 9.59 Å². The van der Waals surface area contributed by atoms with Crippen LogP contribution in [0.5, 0.6) is 0 Å². The Morgan fingerprint density at radius 1 is 1.28 bits per heavy atom. The van der Waals surface area contributed by atoms with E-state index in [1.54, 1.807) is 0 Å². The van der Waals surface area contributed by atoms with Crippen molar-refractivity contribution in [2.45, 2.75) is 52.5 Å². The zero-order valence-corrected chi connectivity index (χ0v) is 16.2. The highest BCUT2D eigenvalue weighted by molar-refractivity contribution is 5.95. The van der Waals surface area contributed by atoms with Crippen molar-refractivity contribution in [3.8, 4) is 0 Å². The van der Waals surface area contributed by atoms with Crippen LogP contribution in [0.3, 0.4) is 0 Å². The van der Waals surface area contributed by atoms with Gasteiger partial charge in [0.1, 0.15) is 0 Å². The molecule has 0 radical (unpaired) electrons. The summed E-state index contributed by atoms with van der Waals surface area (Å²) in [5, 5.41) is 3.09. The molecule has 0 bridgehead atoms. The monoisotopic (exact) mass is 367 g/mol. The molecular weight excluding hydrogens is 338 g/mol. The fourth-order valence-electron chi connectivity index (χ4n) is 3.25. The number of nitrogens with one attached hydrogen (secondary N) is 1. The summed E-state index contributed by atoms with van der Waals surface area (Å²) < 4.78 is 0. The smallest absolute Gasteiger partial charge is 0.227 e. The van der Waals surface area contributed by atoms with E-state index in [1.165, 1.54) is 0 Å². The van der Waals surface area contributed by atoms with E-state index < -0.39 is 5.41 Å².